The Morgan fingerprint density at radius 2 is 2.42 bits per heavy atom. The Bertz CT molecular complexity index is 301. The molecule has 2 N–H and O–H groups in total. The number of pyridine rings is 1. The third-order valence-corrected chi connectivity index (χ3v) is 1.75. The van der Waals surface area contributed by atoms with Crippen LogP contribution in [-0.2, 0) is 0 Å². The number of aromatic nitrogens is 1. The van der Waals surface area contributed by atoms with Gasteiger partial charge >= 0.3 is 0 Å². The van der Waals surface area contributed by atoms with E-state index in [1.165, 1.54) is 18.3 Å². The fourth-order valence-electron chi connectivity index (χ4n) is 0.816. The highest BCUT2D eigenvalue weighted by Crippen LogP contribution is 2.20. The molecule has 4 heteroatoms. The molecule has 0 aliphatic carbocycles. The summed E-state index contributed by atoms with van der Waals surface area (Å²) in [5.74, 6) is -0.577. The smallest absolute Gasteiger partial charge is 0.165 e. The van der Waals surface area contributed by atoms with Crippen LogP contribution in [0, 0.1) is 5.82 Å². The number of hydrogen-bond acceptors (Lipinski definition) is 2. The first-order chi connectivity index (χ1) is 5.66. The second-order valence-corrected chi connectivity index (χ2v) is 2.62. The number of hydrogen-bond donors (Lipinski definition) is 1. The Hall–Kier alpha value is -0.930. The average molecular weight is 187 g/mol. The van der Waals surface area contributed by atoms with Gasteiger partial charge in [-0.05, 0) is 6.07 Å². The van der Waals surface area contributed by atoms with Crippen molar-refractivity contribution in [2.45, 2.75) is 6.04 Å². The fraction of sp³-hybridized carbons (Fsp3) is 0.125. The zero-order chi connectivity index (χ0) is 9.14. The van der Waals surface area contributed by atoms with Crippen LogP contribution < -0.4 is 5.73 Å². The van der Waals surface area contributed by atoms with Gasteiger partial charge in [0.2, 0.25) is 0 Å². The van der Waals surface area contributed by atoms with Crippen LogP contribution in [0.4, 0.5) is 4.39 Å². The van der Waals surface area contributed by atoms with E-state index in [1.807, 2.05) is 0 Å². The molecule has 0 aliphatic rings. The van der Waals surface area contributed by atoms with Gasteiger partial charge in [-0.3, -0.25) is 0 Å². The largest absolute Gasteiger partial charge is 0.321 e. The molecule has 0 spiro atoms. The Morgan fingerprint density at radius 3 is 3.00 bits per heavy atom. The van der Waals surface area contributed by atoms with Crippen LogP contribution in [0.15, 0.2) is 24.9 Å². The lowest BCUT2D eigenvalue weighted by Crippen LogP contribution is -2.09. The van der Waals surface area contributed by atoms with Crippen LogP contribution in [0.3, 0.4) is 0 Å². The van der Waals surface area contributed by atoms with E-state index in [-0.39, 0.29) is 5.15 Å². The molecular formula is C8H8ClFN2. The lowest BCUT2D eigenvalue weighted by molar-refractivity contribution is 0.596. The second kappa shape index (κ2) is 3.65. The third kappa shape index (κ3) is 1.62. The van der Waals surface area contributed by atoms with Crippen LogP contribution in [0.1, 0.15) is 11.6 Å². The van der Waals surface area contributed by atoms with Crippen LogP contribution in [0.5, 0.6) is 0 Å². The van der Waals surface area contributed by atoms with Gasteiger partial charge < -0.3 is 5.73 Å². The zero-order valence-electron chi connectivity index (χ0n) is 6.30. The van der Waals surface area contributed by atoms with Crippen molar-refractivity contribution < 1.29 is 4.39 Å². The summed E-state index contributed by atoms with van der Waals surface area (Å²) in [7, 11) is 0. The van der Waals surface area contributed by atoms with Gasteiger partial charge in [0.25, 0.3) is 0 Å². The SMILES string of the molecule is C=C[C@H](N)c1ccnc(Cl)c1F. The number of nitrogens with two attached hydrogens (primary N) is 1. The fourth-order valence-corrected chi connectivity index (χ4v) is 0.982. The molecule has 0 saturated carbocycles. The monoisotopic (exact) mass is 186 g/mol. The molecule has 12 heavy (non-hydrogen) atoms. The second-order valence-electron chi connectivity index (χ2n) is 2.27. The predicted molar refractivity (Wildman–Crippen MR) is 46.3 cm³/mol. The quantitative estimate of drug-likeness (QED) is 0.567. The van der Waals surface area contributed by atoms with Gasteiger partial charge in [-0.15, -0.1) is 6.58 Å². The van der Waals surface area contributed by atoms with Crippen molar-refractivity contribution >= 4 is 11.6 Å². The summed E-state index contributed by atoms with van der Waals surface area (Å²) < 4.78 is 13.1. The van der Waals surface area contributed by atoms with Gasteiger partial charge in [0.1, 0.15) is 0 Å². The first-order valence-electron chi connectivity index (χ1n) is 3.35. The Balaban J connectivity index is 3.15. The van der Waals surface area contributed by atoms with E-state index in [0.29, 0.717) is 5.56 Å². The van der Waals surface area contributed by atoms with Crippen LogP contribution in [-0.4, -0.2) is 4.98 Å². The van der Waals surface area contributed by atoms with E-state index >= 15 is 0 Å². The molecule has 0 amide bonds. The standard InChI is InChI=1S/C8H8ClFN2/c1-2-6(11)5-3-4-12-8(9)7(5)10/h2-4,6H,1,11H2/t6-/m0/s1. The summed E-state index contributed by atoms with van der Waals surface area (Å²) in [5, 5.41) is -0.162. The van der Waals surface area contributed by atoms with Crippen molar-refractivity contribution in [3.8, 4) is 0 Å². The molecule has 1 atom stereocenters. The van der Waals surface area contributed by atoms with Gasteiger partial charge in [-0.1, -0.05) is 17.7 Å². The summed E-state index contributed by atoms with van der Waals surface area (Å²) in [6.45, 7) is 3.45. The maximum atomic E-state index is 13.1. The van der Waals surface area contributed by atoms with Crippen molar-refractivity contribution in [3.63, 3.8) is 0 Å². The molecule has 64 valence electrons. The van der Waals surface area contributed by atoms with Crippen LogP contribution in [0.25, 0.3) is 0 Å². The summed E-state index contributed by atoms with van der Waals surface area (Å²) in [6, 6.07) is 0.943. The number of halogens is 2. The van der Waals surface area contributed by atoms with Gasteiger partial charge in [0.15, 0.2) is 11.0 Å². The van der Waals surface area contributed by atoms with Crippen molar-refractivity contribution in [3.05, 3.63) is 41.5 Å². The van der Waals surface area contributed by atoms with E-state index in [9.17, 15) is 4.39 Å². The van der Waals surface area contributed by atoms with Gasteiger partial charge in [-0.25, -0.2) is 9.37 Å². The predicted octanol–water partition coefficient (Wildman–Crippen LogP) is 2.06. The van der Waals surface area contributed by atoms with Gasteiger partial charge in [0, 0.05) is 11.8 Å². The minimum Gasteiger partial charge on any atom is -0.321 e. The lowest BCUT2D eigenvalue weighted by atomic mass is 10.1. The highest BCUT2D eigenvalue weighted by atomic mass is 35.5. The molecule has 1 aromatic heterocycles. The Labute approximate surface area is 74.9 Å². The number of nitrogens with zero attached hydrogens (tertiary/aromatic N) is 1. The number of rotatable bonds is 2. The lowest BCUT2D eigenvalue weighted by Gasteiger charge is -2.07. The molecule has 0 radical (unpaired) electrons. The highest BCUT2D eigenvalue weighted by molar-refractivity contribution is 6.29. The topological polar surface area (TPSA) is 38.9 Å². The molecule has 1 heterocycles. The minimum atomic E-state index is -0.577. The van der Waals surface area contributed by atoms with E-state index in [2.05, 4.69) is 11.6 Å². The van der Waals surface area contributed by atoms with Gasteiger partial charge in [0.05, 0.1) is 6.04 Å². The normalized spacial score (nSPS) is 12.6. The summed E-state index contributed by atoms with van der Waals surface area (Å²) in [4.78, 5) is 3.56. The average Bonchev–Trinajstić information content (AvgIpc) is 2.08. The van der Waals surface area contributed by atoms with Crippen molar-refractivity contribution in [1.82, 2.24) is 4.98 Å². The molecule has 0 saturated heterocycles. The molecule has 0 bridgehead atoms. The van der Waals surface area contributed by atoms with Crippen molar-refractivity contribution in [1.29, 1.82) is 0 Å². The van der Waals surface area contributed by atoms with Gasteiger partial charge in [-0.2, -0.15) is 0 Å². The van der Waals surface area contributed by atoms with Crippen molar-refractivity contribution in [2.24, 2.45) is 5.73 Å². The van der Waals surface area contributed by atoms with E-state index in [1.54, 1.807) is 0 Å². The highest BCUT2D eigenvalue weighted by Gasteiger charge is 2.11. The first kappa shape index (κ1) is 9.16. The molecule has 0 fully saturated rings. The summed E-state index contributed by atoms with van der Waals surface area (Å²) in [5.41, 5.74) is 5.83. The molecule has 0 unspecified atom stereocenters. The summed E-state index contributed by atoms with van der Waals surface area (Å²) >= 11 is 5.44. The third-order valence-electron chi connectivity index (χ3n) is 1.49. The Morgan fingerprint density at radius 1 is 1.75 bits per heavy atom. The first-order valence-corrected chi connectivity index (χ1v) is 3.72. The Kier molecular flexibility index (Phi) is 2.78. The van der Waals surface area contributed by atoms with Crippen molar-refractivity contribution in [2.75, 3.05) is 0 Å². The van der Waals surface area contributed by atoms with E-state index in [4.69, 9.17) is 17.3 Å². The molecule has 0 aromatic carbocycles. The molecule has 2 nitrogen and oxygen atoms in total. The van der Waals surface area contributed by atoms with Crippen LogP contribution in [0.2, 0.25) is 5.15 Å². The van der Waals surface area contributed by atoms with E-state index in [0.717, 1.165) is 0 Å². The minimum absolute atomic E-state index is 0.162. The van der Waals surface area contributed by atoms with E-state index < -0.39 is 11.9 Å². The maximum absolute atomic E-state index is 13.1. The summed E-state index contributed by atoms with van der Waals surface area (Å²) in [6.07, 6.45) is 2.85. The molecular weight excluding hydrogens is 179 g/mol. The molecule has 0 aliphatic heterocycles. The molecule has 1 rings (SSSR count). The zero-order valence-corrected chi connectivity index (χ0v) is 7.05. The molecule has 1 aromatic rings. The maximum Gasteiger partial charge on any atom is 0.165 e. The van der Waals surface area contributed by atoms with Crippen LogP contribution >= 0.6 is 11.6 Å².